The molecule has 0 fully saturated rings. The van der Waals surface area contributed by atoms with Crippen molar-refractivity contribution >= 4 is 51.2 Å². The molecule has 103 heavy (non-hydrogen) atoms. The lowest BCUT2D eigenvalue weighted by molar-refractivity contribution is -0.152. The maximum atomic E-state index is 13.7. The molecule has 0 spiro atoms. The first-order valence-corrected chi connectivity index (χ1v) is 43.3. The lowest BCUT2D eigenvalue weighted by Crippen LogP contribution is -2.43. The number of phosphoric acid groups is 2. The van der Waals surface area contributed by atoms with Crippen molar-refractivity contribution in [1.29, 1.82) is 0 Å². The van der Waals surface area contributed by atoms with Gasteiger partial charge in [-0.3, -0.25) is 46.9 Å². The number of aliphatic hydroxyl groups is 2. The molecule has 0 heterocycles. The molecule has 4 unspecified atom stereocenters. The number of phosphoric ester groups is 2. The smallest absolute Gasteiger partial charge is 0.462 e. The third kappa shape index (κ3) is 67.5. The Morgan fingerprint density at radius 3 is 1.01 bits per heavy atom. The molecular formula is C77H146N4O20P2. The van der Waals surface area contributed by atoms with Crippen molar-refractivity contribution in [2.24, 2.45) is 0 Å². The van der Waals surface area contributed by atoms with Crippen molar-refractivity contribution in [2.75, 3.05) is 65.9 Å². The van der Waals surface area contributed by atoms with Gasteiger partial charge < -0.3 is 60.2 Å². The second kappa shape index (κ2) is 70.1. The van der Waals surface area contributed by atoms with E-state index >= 15 is 0 Å². The van der Waals surface area contributed by atoms with Gasteiger partial charge in [0.1, 0.15) is 18.6 Å². The van der Waals surface area contributed by atoms with E-state index in [4.69, 9.17) is 37.0 Å². The van der Waals surface area contributed by atoms with E-state index in [0.29, 0.717) is 51.4 Å². The Balaban J connectivity index is 5.62. The van der Waals surface area contributed by atoms with Gasteiger partial charge in [0.15, 0.2) is 0 Å². The molecule has 0 rings (SSSR count). The summed E-state index contributed by atoms with van der Waals surface area (Å²) in [4.78, 5) is 100. The summed E-state index contributed by atoms with van der Waals surface area (Å²) in [6, 6.07) is -1.92. The number of allylic oxidation sites excluding steroid dienone is 4. The van der Waals surface area contributed by atoms with Gasteiger partial charge in [-0.1, -0.05) is 220 Å². The van der Waals surface area contributed by atoms with Crippen LogP contribution in [-0.4, -0.2) is 158 Å². The molecule has 8 atom stereocenters. The zero-order chi connectivity index (χ0) is 76.1. The SMILES string of the molecule is CCCCCC/C=C/CCCC(=O)O[C@H](CCCCCCC)CC(=O)NC(COCC[C@H](O)CCCCCCC)COP(=O)(O)OCCNC(=O)CC(=O)NCCOP(=O)(O)OCC(COCC[C@H](O)CCCCCCC)NC(=O)C[C@@H](CCCCCCC)OC(=O)CCC/C=C/CCCCCC. The minimum absolute atomic E-state index is 0.143. The van der Waals surface area contributed by atoms with Crippen LogP contribution >= 0.6 is 15.6 Å². The molecule has 8 N–H and O–H groups in total. The van der Waals surface area contributed by atoms with Crippen LogP contribution in [0.5, 0.6) is 0 Å². The van der Waals surface area contributed by atoms with Gasteiger partial charge in [0.25, 0.3) is 0 Å². The van der Waals surface area contributed by atoms with Gasteiger partial charge in [0.05, 0.1) is 76.8 Å². The molecule has 0 bridgehead atoms. The molecule has 0 aliphatic rings. The number of hydrogen-bond donors (Lipinski definition) is 8. The van der Waals surface area contributed by atoms with E-state index in [1.165, 1.54) is 38.5 Å². The lowest BCUT2D eigenvalue weighted by Gasteiger charge is -2.23. The Morgan fingerprint density at radius 1 is 0.359 bits per heavy atom. The maximum Gasteiger partial charge on any atom is 0.472 e. The van der Waals surface area contributed by atoms with E-state index < -0.39 is 109 Å². The van der Waals surface area contributed by atoms with Crippen LogP contribution in [-0.2, 0) is 74.9 Å². The van der Waals surface area contributed by atoms with Gasteiger partial charge in [-0.05, 0) is 103 Å². The molecule has 604 valence electrons. The van der Waals surface area contributed by atoms with E-state index in [2.05, 4.69) is 87.1 Å². The van der Waals surface area contributed by atoms with Crippen molar-refractivity contribution in [3.8, 4) is 0 Å². The van der Waals surface area contributed by atoms with Gasteiger partial charge in [0.2, 0.25) is 23.6 Å². The maximum absolute atomic E-state index is 13.7. The predicted octanol–water partition coefficient (Wildman–Crippen LogP) is 15.8. The highest BCUT2D eigenvalue weighted by Gasteiger charge is 2.29. The number of nitrogens with one attached hydrogen (secondary N) is 4. The molecule has 0 aromatic rings. The van der Waals surface area contributed by atoms with Crippen molar-refractivity contribution < 1.29 is 94.9 Å². The largest absolute Gasteiger partial charge is 0.472 e. The molecular weight excluding hydrogens is 1360 g/mol. The quantitative estimate of drug-likeness (QED) is 0.00922. The number of carbonyl (C=O) groups is 6. The van der Waals surface area contributed by atoms with Crippen LogP contribution < -0.4 is 21.3 Å². The summed E-state index contributed by atoms with van der Waals surface area (Å²) in [5.41, 5.74) is 0. The molecule has 0 saturated carbocycles. The zero-order valence-electron chi connectivity index (χ0n) is 64.9. The van der Waals surface area contributed by atoms with Gasteiger partial charge in [-0.2, -0.15) is 0 Å². The van der Waals surface area contributed by atoms with Gasteiger partial charge in [-0.15, -0.1) is 0 Å². The Kier molecular flexibility index (Phi) is 67.6. The second-order valence-electron chi connectivity index (χ2n) is 27.5. The second-order valence-corrected chi connectivity index (χ2v) is 30.4. The Morgan fingerprint density at radius 2 is 0.670 bits per heavy atom. The Bertz CT molecular complexity index is 2100. The van der Waals surface area contributed by atoms with Crippen LogP contribution in [0.4, 0.5) is 0 Å². The van der Waals surface area contributed by atoms with E-state index in [1.807, 2.05) is 0 Å². The minimum Gasteiger partial charge on any atom is -0.462 e. The number of carbonyl (C=O) groups excluding carboxylic acids is 6. The average Bonchev–Trinajstić information content (AvgIpc) is 0.922. The zero-order valence-corrected chi connectivity index (χ0v) is 66.7. The van der Waals surface area contributed by atoms with E-state index in [0.717, 1.165) is 167 Å². The molecule has 4 amide bonds. The van der Waals surface area contributed by atoms with Gasteiger partial charge in [0, 0.05) is 39.1 Å². The van der Waals surface area contributed by atoms with Crippen LogP contribution in [0.2, 0.25) is 0 Å². The monoisotopic (exact) mass is 1510 g/mol. The first-order chi connectivity index (χ1) is 49.7. The van der Waals surface area contributed by atoms with Gasteiger partial charge >= 0.3 is 27.6 Å². The minimum atomic E-state index is -4.81. The molecule has 0 aromatic carbocycles. The average molecular weight is 1510 g/mol. The van der Waals surface area contributed by atoms with Crippen LogP contribution in [0.1, 0.15) is 330 Å². The number of ether oxygens (including phenoxy) is 4. The van der Waals surface area contributed by atoms with Crippen LogP contribution in [0, 0.1) is 0 Å². The lowest BCUT2D eigenvalue weighted by atomic mass is 10.1. The Labute approximate surface area is 621 Å². The molecule has 0 aromatic heterocycles. The number of amides is 4. The summed E-state index contributed by atoms with van der Waals surface area (Å²) in [6.45, 7) is 10.2. The standard InChI is InChI=1S/C77H146N4O20P2/c1-7-13-19-25-27-29-31-37-43-49-76(88)100-70(47-41-35-23-17-11-5)59-74(86)80-66(62-94-55-51-68(82)45-39-33-21-15-9-3)64-98-102(90,91)96-57-53-78-72(84)61-73(85)79-54-58-97-103(92,93)99-65-67(63-95-56-52-69(83)46-40-34-22-16-10-4)81-75(87)60-71(48-42-36-24-18-12-6)101-77(89)50-44-38-32-30-28-26-20-14-8-2/h29-32,66-71,82-83H,7-28,33-65H2,1-6H3,(H,78,84)(H,79,85)(H,80,86)(H,81,87)(H,90,91)(H,92,93)/b31-29+,32-30+/t66?,67?,68-,69-,70-,71-/m1/s1. The molecule has 0 aliphatic heterocycles. The third-order valence-electron chi connectivity index (χ3n) is 17.4. The summed E-state index contributed by atoms with van der Waals surface area (Å²) in [5.74, 6) is -3.31. The normalized spacial score (nSPS) is 14.7. The first-order valence-electron chi connectivity index (χ1n) is 40.3. The molecule has 24 nitrogen and oxygen atoms in total. The summed E-state index contributed by atoms with van der Waals surface area (Å²) in [5, 5.41) is 31.6. The van der Waals surface area contributed by atoms with Crippen molar-refractivity contribution in [3.63, 3.8) is 0 Å². The topological polar surface area (TPSA) is 339 Å². The van der Waals surface area contributed by atoms with Crippen LogP contribution in [0.3, 0.4) is 0 Å². The van der Waals surface area contributed by atoms with Crippen molar-refractivity contribution in [1.82, 2.24) is 21.3 Å². The fourth-order valence-electron chi connectivity index (χ4n) is 11.2. The van der Waals surface area contributed by atoms with Crippen LogP contribution in [0.15, 0.2) is 24.3 Å². The number of hydrogen-bond acceptors (Lipinski definition) is 18. The van der Waals surface area contributed by atoms with Crippen molar-refractivity contribution in [3.05, 3.63) is 24.3 Å². The number of rotatable bonds is 76. The predicted molar refractivity (Wildman–Crippen MR) is 407 cm³/mol. The number of unbranched alkanes of at least 4 members (excludes halogenated alkanes) is 26. The molecule has 0 aliphatic carbocycles. The third-order valence-corrected chi connectivity index (χ3v) is 19.3. The van der Waals surface area contributed by atoms with Gasteiger partial charge in [-0.25, -0.2) is 9.13 Å². The summed E-state index contributed by atoms with van der Waals surface area (Å²) in [6.07, 6.45) is 42.6. The highest BCUT2D eigenvalue weighted by molar-refractivity contribution is 7.47. The Hall–Kier alpha value is -3.64. The first kappa shape index (κ1) is 99.4. The summed E-state index contributed by atoms with van der Waals surface area (Å²) in [7, 11) is -9.61. The number of aliphatic hydroxyl groups excluding tert-OH is 2. The summed E-state index contributed by atoms with van der Waals surface area (Å²) >= 11 is 0. The highest BCUT2D eigenvalue weighted by atomic mass is 31.2. The fraction of sp³-hybridized carbons (Fsp3) is 0.870. The van der Waals surface area contributed by atoms with Crippen molar-refractivity contribution in [2.45, 2.75) is 367 Å². The summed E-state index contributed by atoms with van der Waals surface area (Å²) < 4.78 is 70.5. The van der Waals surface area contributed by atoms with Crippen LogP contribution in [0.25, 0.3) is 0 Å². The fourth-order valence-corrected chi connectivity index (χ4v) is 12.8. The number of esters is 2. The van der Waals surface area contributed by atoms with E-state index in [-0.39, 0.29) is 77.1 Å². The molecule has 0 radical (unpaired) electrons. The van der Waals surface area contributed by atoms with E-state index in [9.17, 15) is 57.9 Å². The molecule has 26 heteroatoms. The van der Waals surface area contributed by atoms with E-state index in [1.54, 1.807) is 0 Å². The highest BCUT2D eigenvalue weighted by Crippen LogP contribution is 2.44. The molecule has 0 saturated heterocycles.